The smallest absolute Gasteiger partial charge is 0.242 e. The predicted molar refractivity (Wildman–Crippen MR) is 74.8 cm³/mol. The van der Waals surface area contributed by atoms with E-state index in [1.165, 1.54) is 6.33 Å². The largest absolute Gasteiger partial charge is 0.476 e. The minimum Gasteiger partial charge on any atom is -0.476 e. The zero-order valence-electron chi connectivity index (χ0n) is 11.8. The maximum Gasteiger partial charge on any atom is 0.242 e. The molecule has 0 amide bonds. The third-order valence-electron chi connectivity index (χ3n) is 2.98. The van der Waals surface area contributed by atoms with Gasteiger partial charge in [0.05, 0.1) is 6.61 Å². The number of ether oxygens (including phenoxy) is 1. The zero-order valence-corrected chi connectivity index (χ0v) is 11.8. The van der Waals surface area contributed by atoms with Gasteiger partial charge in [-0.2, -0.15) is 4.98 Å². The van der Waals surface area contributed by atoms with Gasteiger partial charge in [0, 0.05) is 6.54 Å². The Morgan fingerprint density at radius 3 is 2.67 bits per heavy atom. The van der Waals surface area contributed by atoms with Crippen LogP contribution in [0.15, 0.2) is 6.33 Å². The molecule has 0 spiro atoms. The monoisotopic (exact) mass is 252 g/mol. The Kier molecular flexibility index (Phi) is 5.19. The summed E-state index contributed by atoms with van der Waals surface area (Å²) < 4.78 is 5.47. The number of hydrogen-bond acceptors (Lipinski definition) is 5. The molecule has 0 radical (unpaired) electrons. The Morgan fingerprint density at radius 1 is 1.33 bits per heavy atom. The molecule has 5 nitrogen and oxygen atoms in total. The van der Waals surface area contributed by atoms with Crippen LogP contribution in [-0.4, -0.2) is 23.1 Å². The molecule has 3 N–H and O–H groups in total. The lowest BCUT2D eigenvalue weighted by atomic mass is 9.90. The van der Waals surface area contributed by atoms with Crippen LogP contribution in [0.2, 0.25) is 0 Å². The van der Waals surface area contributed by atoms with Crippen LogP contribution in [0.5, 0.6) is 5.88 Å². The van der Waals surface area contributed by atoms with Crippen LogP contribution in [0.1, 0.15) is 40.5 Å². The molecule has 1 aromatic heterocycles. The number of rotatable bonds is 7. The number of nitrogens with one attached hydrogen (secondary N) is 1. The molecule has 0 aliphatic heterocycles. The summed E-state index contributed by atoms with van der Waals surface area (Å²) >= 11 is 0. The maximum absolute atomic E-state index is 5.98. The van der Waals surface area contributed by atoms with E-state index in [0.717, 1.165) is 19.4 Å². The quantitative estimate of drug-likeness (QED) is 0.780. The van der Waals surface area contributed by atoms with Gasteiger partial charge in [-0.25, -0.2) is 4.98 Å². The third kappa shape index (κ3) is 4.05. The lowest BCUT2D eigenvalue weighted by Gasteiger charge is -2.23. The standard InChI is InChI=1S/C13H24N4O/c1-5-7-18-12-10(14)11(16-9-17-12)15-8-13(3,4)6-2/h9H,5-8,14H2,1-4H3,(H,15,16,17). The van der Waals surface area contributed by atoms with Gasteiger partial charge in [0.15, 0.2) is 5.82 Å². The molecule has 0 aliphatic rings. The van der Waals surface area contributed by atoms with E-state index in [1.54, 1.807) is 0 Å². The van der Waals surface area contributed by atoms with Crippen LogP contribution in [0.3, 0.4) is 0 Å². The second-order valence-electron chi connectivity index (χ2n) is 5.16. The summed E-state index contributed by atoms with van der Waals surface area (Å²) in [4.78, 5) is 8.20. The Hall–Kier alpha value is -1.52. The average molecular weight is 252 g/mol. The third-order valence-corrected chi connectivity index (χ3v) is 2.98. The molecule has 0 bridgehead atoms. The molecule has 0 atom stereocenters. The zero-order chi connectivity index (χ0) is 13.6. The van der Waals surface area contributed by atoms with Crippen molar-refractivity contribution >= 4 is 11.5 Å². The molecule has 0 fully saturated rings. The van der Waals surface area contributed by atoms with Crippen LogP contribution in [0.25, 0.3) is 0 Å². The molecule has 0 saturated heterocycles. The second kappa shape index (κ2) is 6.42. The highest BCUT2D eigenvalue weighted by molar-refractivity contribution is 5.66. The summed E-state index contributed by atoms with van der Waals surface area (Å²) in [5.41, 5.74) is 6.68. The highest BCUT2D eigenvalue weighted by Crippen LogP contribution is 2.27. The molecule has 0 unspecified atom stereocenters. The van der Waals surface area contributed by atoms with E-state index in [9.17, 15) is 0 Å². The number of aromatic nitrogens is 2. The normalized spacial score (nSPS) is 11.3. The Labute approximate surface area is 109 Å². The molecular weight excluding hydrogens is 228 g/mol. The van der Waals surface area contributed by atoms with Crippen molar-refractivity contribution in [1.82, 2.24) is 9.97 Å². The Morgan fingerprint density at radius 2 is 2.06 bits per heavy atom. The first kappa shape index (κ1) is 14.5. The summed E-state index contributed by atoms with van der Waals surface area (Å²) in [6.07, 6.45) is 3.49. The van der Waals surface area contributed by atoms with Gasteiger partial charge >= 0.3 is 0 Å². The topological polar surface area (TPSA) is 73.1 Å². The number of nitrogens with zero attached hydrogens (tertiary/aromatic N) is 2. The van der Waals surface area contributed by atoms with E-state index < -0.39 is 0 Å². The van der Waals surface area contributed by atoms with Crippen molar-refractivity contribution in [1.29, 1.82) is 0 Å². The molecule has 5 heteroatoms. The molecule has 0 aliphatic carbocycles. The van der Waals surface area contributed by atoms with Gasteiger partial charge in [-0.15, -0.1) is 0 Å². The fourth-order valence-electron chi connectivity index (χ4n) is 1.28. The molecule has 102 valence electrons. The van der Waals surface area contributed by atoms with Crippen molar-refractivity contribution in [3.8, 4) is 5.88 Å². The molecule has 18 heavy (non-hydrogen) atoms. The molecule has 0 aromatic carbocycles. The molecule has 1 heterocycles. The molecule has 0 saturated carbocycles. The number of anilines is 2. The first-order valence-corrected chi connectivity index (χ1v) is 6.47. The average Bonchev–Trinajstić information content (AvgIpc) is 2.36. The van der Waals surface area contributed by atoms with E-state index in [2.05, 4.69) is 36.1 Å². The van der Waals surface area contributed by atoms with Gasteiger partial charge < -0.3 is 15.8 Å². The minimum absolute atomic E-state index is 0.210. The highest BCUT2D eigenvalue weighted by Gasteiger charge is 2.16. The number of nitrogens with two attached hydrogens (primary N) is 1. The molecular formula is C13H24N4O. The van der Waals surface area contributed by atoms with Crippen molar-refractivity contribution in [2.24, 2.45) is 5.41 Å². The summed E-state index contributed by atoms with van der Waals surface area (Å²) in [7, 11) is 0. The van der Waals surface area contributed by atoms with E-state index in [-0.39, 0.29) is 5.41 Å². The maximum atomic E-state index is 5.98. The summed E-state index contributed by atoms with van der Waals surface area (Å²) in [6, 6.07) is 0. The van der Waals surface area contributed by atoms with E-state index in [0.29, 0.717) is 24.0 Å². The number of hydrogen-bond donors (Lipinski definition) is 2. The van der Waals surface area contributed by atoms with Gasteiger partial charge in [0.25, 0.3) is 0 Å². The second-order valence-corrected chi connectivity index (χ2v) is 5.16. The van der Waals surface area contributed by atoms with Crippen LogP contribution < -0.4 is 15.8 Å². The van der Waals surface area contributed by atoms with Gasteiger partial charge in [0.1, 0.15) is 12.0 Å². The lowest BCUT2D eigenvalue weighted by molar-refractivity contribution is 0.306. The van der Waals surface area contributed by atoms with Gasteiger partial charge in [-0.1, -0.05) is 27.7 Å². The lowest BCUT2D eigenvalue weighted by Crippen LogP contribution is -2.23. The first-order valence-electron chi connectivity index (χ1n) is 6.47. The van der Waals surface area contributed by atoms with Gasteiger partial charge in [0.2, 0.25) is 5.88 Å². The summed E-state index contributed by atoms with van der Waals surface area (Å²) in [6.45, 7) is 10.0. The fourth-order valence-corrected chi connectivity index (χ4v) is 1.28. The molecule has 1 rings (SSSR count). The van der Waals surface area contributed by atoms with Crippen LogP contribution in [0.4, 0.5) is 11.5 Å². The Bertz CT molecular complexity index is 379. The minimum atomic E-state index is 0.210. The fraction of sp³-hybridized carbons (Fsp3) is 0.692. The van der Waals surface area contributed by atoms with E-state index in [1.807, 2.05) is 6.92 Å². The van der Waals surface area contributed by atoms with Crippen molar-refractivity contribution in [3.63, 3.8) is 0 Å². The van der Waals surface area contributed by atoms with Crippen molar-refractivity contribution in [3.05, 3.63) is 6.33 Å². The van der Waals surface area contributed by atoms with Crippen molar-refractivity contribution in [2.75, 3.05) is 24.2 Å². The first-order chi connectivity index (χ1) is 8.50. The van der Waals surface area contributed by atoms with Crippen LogP contribution in [-0.2, 0) is 0 Å². The van der Waals surface area contributed by atoms with Crippen molar-refractivity contribution in [2.45, 2.75) is 40.5 Å². The van der Waals surface area contributed by atoms with E-state index >= 15 is 0 Å². The SMILES string of the molecule is CCCOc1ncnc(NCC(C)(C)CC)c1N. The van der Waals surface area contributed by atoms with E-state index in [4.69, 9.17) is 10.5 Å². The van der Waals surface area contributed by atoms with Gasteiger partial charge in [-0.3, -0.25) is 0 Å². The summed E-state index contributed by atoms with van der Waals surface area (Å²) in [5.74, 6) is 1.11. The van der Waals surface area contributed by atoms with Crippen LogP contribution in [0, 0.1) is 5.41 Å². The number of nitrogen functional groups attached to an aromatic ring is 1. The Balaban J connectivity index is 2.71. The summed E-state index contributed by atoms with van der Waals surface area (Å²) in [5, 5.41) is 3.26. The molecule has 1 aromatic rings. The van der Waals surface area contributed by atoms with Gasteiger partial charge in [-0.05, 0) is 18.3 Å². The van der Waals surface area contributed by atoms with Crippen molar-refractivity contribution < 1.29 is 4.74 Å². The highest BCUT2D eigenvalue weighted by atomic mass is 16.5. The predicted octanol–water partition coefficient (Wildman–Crippen LogP) is 2.70. The van der Waals surface area contributed by atoms with Crippen LogP contribution >= 0.6 is 0 Å².